The first-order chi connectivity index (χ1) is 12.8. The fraction of sp³-hybridized carbons (Fsp3) is 0.857. The van der Waals surface area contributed by atoms with Crippen molar-refractivity contribution in [1.82, 2.24) is 15.7 Å². The summed E-state index contributed by atoms with van der Waals surface area (Å²) in [5.41, 5.74) is 1.73. The van der Waals surface area contributed by atoms with E-state index in [1.165, 1.54) is 14.3 Å². The maximum absolute atomic E-state index is 13.2. The van der Waals surface area contributed by atoms with E-state index in [2.05, 4.69) is 31.4 Å². The second-order valence-corrected chi connectivity index (χ2v) is 9.68. The molecule has 0 aromatic carbocycles. The maximum Gasteiger partial charge on any atom is 0.298 e. The highest BCUT2D eigenvalue weighted by Crippen LogP contribution is 2.34. The lowest BCUT2D eigenvalue weighted by atomic mass is 9.70. The molecule has 1 heterocycles. The number of aldehydes is 1. The van der Waals surface area contributed by atoms with Gasteiger partial charge in [0, 0.05) is 6.54 Å². The molecule has 1 rings (SSSR count). The number of hydrogen-bond donors (Lipinski definition) is 2. The highest BCUT2D eigenvalue weighted by molar-refractivity contribution is 6.74. The molecule has 7 heteroatoms. The summed E-state index contributed by atoms with van der Waals surface area (Å²) in [7, 11) is 1.44. The first-order valence-corrected chi connectivity index (χ1v) is 10.5. The highest BCUT2D eigenvalue weighted by atomic mass is 16.1. The van der Waals surface area contributed by atoms with Crippen LogP contribution in [0.3, 0.4) is 0 Å². The number of ketones is 1. The van der Waals surface area contributed by atoms with Crippen molar-refractivity contribution in [1.29, 1.82) is 0 Å². The van der Waals surface area contributed by atoms with Crippen LogP contribution in [0.15, 0.2) is 0 Å². The molecule has 0 aromatic heterocycles. The highest BCUT2D eigenvalue weighted by Gasteiger charge is 2.42. The van der Waals surface area contributed by atoms with Crippen LogP contribution in [0.2, 0.25) is 0 Å². The van der Waals surface area contributed by atoms with Crippen molar-refractivity contribution >= 4 is 25.2 Å². The Kier molecular flexibility index (Phi) is 8.60. The predicted octanol–water partition coefficient (Wildman–Crippen LogP) is 2.48. The largest absolute Gasteiger partial charge is 0.342 e. The van der Waals surface area contributed by atoms with Crippen LogP contribution in [-0.2, 0) is 14.4 Å². The fourth-order valence-corrected chi connectivity index (χ4v) is 4.05. The molecular weight excluding hydrogens is 353 g/mol. The van der Waals surface area contributed by atoms with E-state index in [9.17, 15) is 14.4 Å². The van der Waals surface area contributed by atoms with Crippen LogP contribution in [0.25, 0.3) is 0 Å². The number of carbonyl (C=O) groups excluding carboxylic acids is 3. The Morgan fingerprint density at radius 2 is 1.86 bits per heavy atom. The second kappa shape index (κ2) is 9.64. The molecule has 159 valence electrons. The van der Waals surface area contributed by atoms with Crippen LogP contribution in [-0.4, -0.2) is 53.8 Å². The average molecular weight is 392 g/mol. The van der Waals surface area contributed by atoms with Gasteiger partial charge in [0.1, 0.15) is 17.8 Å². The second-order valence-electron chi connectivity index (χ2n) is 9.68. The zero-order chi connectivity index (χ0) is 21.8. The van der Waals surface area contributed by atoms with Gasteiger partial charge in [-0.05, 0) is 57.8 Å². The quantitative estimate of drug-likeness (QED) is 0.464. The Hall–Kier alpha value is -1.05. The molecule has 1 aliphatic rings. The van der Waals surface area contributed by atoms with E-state index in [0.717, 1.165) is 19.1 Å². The molecule has 0 amide bonds. The summed E-state index contributed by atoms with van der Waals surface area (Å²) in [5, 5.41) is 5.00. The molecule has 0 aliphatic carbocycles. The molecule has 1 radical (unpaired) electrons. The van der Waals surface area contributed by atoms with Gasteiger partial charge in [0.2, 0.25) is 0 Å². The molecule has 4 unspecified atom stereocenters. The van der Waals surface area contributed by atoms with Crippen molar-refractivity contribution in [2.45, 2.75) is 98.2 Å². The van der Waals surface area contributed by atoms with Gasteiger partial charge in [0.05, 0.1) is 17.1 Å². The Balaban J connectivity index is 3.04. The van der Waals surface area contributed by atoms with Crippen LogP contribution < -0.4 is 10.7 Å². The van der Waals surface area contributed by atoms with Crippen LogP contribution >= 0.6 is 0 Å². The summed E-state index contributed by atoms with van der Waals surface area (Å²) >= 11 is 0. The third-order valence-electron chi connectivity index (χ3n) is 6.47. The maximum atomic E-state index is 13.2. The normalized spacial score (nSPS) is 27.6. The molecule has 0 aromatic rings. The SMILES string of the molecule is CCC(C)(N[B]C(=O)C(C)(CC)N1CC(C)CC(C)(C)CC(C=O)N1)C(C)=O. The van der Waals surface area contributed by atoms with Gasteiger partial charge in [-0.2, -0.15) is 0 Å². The van der Waals surface area contributed by atoms with Crippen molar-refractivity contribution in [2.24, 2.45) is 11.3 Å². The summed E-state index contributed by atoms with van der Waals surface area (Å²) in [5.74, 6) is 0.373. The first-order valence-electron chi connectivity index (χ1n) is 10.5. The standard InChI is InChI=1S/C21H39BN3O3/c1-9-20(7,16(4)27)24-22-18(28)21(8,10-2)25-13-15(3)11-19(5,6)12-17(14-26)23-25/h14-15,17,23-24H,9-13H2,1-8H3. The Morgan fingerprint density at radius 1 is 1.25 bits per heavy atom. The molecule has 0 bridgehead atoms. The lowest BCUT2D eigenvalue weighted by Crippen LogP contribution is -2.66. The molecule has 1 saturated heterocycles. The van der Waals surface area contributed by atoms with Gasteiger partial charge in [0.25, 0.3) is 7.41 Å². The number of hydrogen-bond acceptors (Lipinski definition) is 6. The summed E-state index contributed by atoms with van der Waals surface area (Å²) in [4.78, 5) is 36.8. The molecule has 0 saturated carbocycles. The number of rotatable bonds is 9. The fourth-order valence-electron chi connectivity index (χ4n) is 4.05. The Labute approximate surface area is 171 Å². The van der Waals surface area contributed by atoms with Crippen molar-refractivity contribution < 1.29 is 14.4 Å². The van der Waals surface area contributed by atoms with E-state index in [1.807, 2.05) is 32.7 Å². The number of carbonyl (C=O) groups is 3. The average Bonchev–Trinajstić information content (AvgIpc) is 2.61. The van der Waals surface area contributed by atoms with Crippen molar-refractivity contribution in [3.8, 4) is 0 Å². The van der Waals surface area contributed by atoms with E-state index >= 15 is 0 Å². The van der Waals surface area contributed by atoms with E-state index in [4.69, 9.17) is 0 Å². The van der Waals surface area contributed by atoms with Gasteiger partial charge in [0.15, 0.2) is 0 Å². The number of Topliss-reactive ketones (excluding diaryl/α,β-unsaturated/α-hetero) is 1. The van der Waals surface area contributed by atoms with E-state index in [-0.39, 0.29) is 22.9 Å². The van der Waals surface area contributed by atoms with Gasteiger partial charge in [-0.1, -0.05) is 34.6 Å². The number of nitrogens with zero attached hydrogens (tertiary/aromatic N) is 1. The van der Waals surface area contributed by atoms with Gasteiger partial charge < -0.3 is 14.8 Å². The van der Waals surface area contributed by atoms with Crippen molar-refractivity contribution in [3.05, 3.63) is 0 Å². The van der Waals surface area contributed by atoms with Crippen LogP contribution in [0.1, 0.15) is 81.1 Å². The molecular formula is C21H39BN3O3. The number of hydrazine groups is 1. The van der Waals surface area contributed by atoms with E-state index in [1.54, 1.807) is 0 Å². The third kappa shape index (κ3) is 5.98. The third-order valence-corrected chi connectivity index (χ3v) is 6.47. The van der Waals surface area contributed by atoms with E-state index in [0.29, 0.717) is 25.3 Å². The lowest BCUT2D eigenvalue weighted by Gasteiger charge is -2.46. The molecule has 4 atom stereocenters. The van der Waals surface area contributed by atoms with Crippen LogP contribution in [0.5, 0.6) is 0 Å². The minimum absolute atomic E-state index is 0.00138. The smallest absolute Gasteiger partial charge is 0.298 e. The van der Waals surface area contributed by atoms with Crippen LogP contribution in [0, 0.1) is 11.3 Å². The van der Waals surface area contributed by atoms with Gasteiger partial charge in [-0.25, -0.2) is 10.4 Å². The Morgan fingerprint density at radius 3 is 2.32 bits per heavy atom. The van der Waals surface area contributed by atoms with Crippen molar-refractivity contribution in [3.63, 3.8) is 0 Å². The van der Waals surface area contributed by atoms with Gasteiger partial charge in [-0.15, -0.1) is 0 Å². The zero-order valence-corrected chi connectivity index (χ0v) is 19.0. The molecule has 1 aliphatic heterocycles. The summed E-state index contributed by atoms with van der Waals surface area (Å²) in [6, 6.07) is -0.327. The topological polar surface area (TPSA) is 78.5 Å². The zero-order valence-electron chi connectivity index (χ0n) is 19.0. The summed E-state index contributed by atoms with van der Waals surface area (Å²) in [6.45, 7) is 16.4. The molecule has 6 nitrogen and oxygen atoms in total. The minimum atomic E-state index is -0.810. The van der Waals surface area contributed by atoms with Crippen molar-refractivity contribution in [2.75, 3.05) is 6.54 Å². The van der Waals surface area contributed by atoms with Crippen LogP contribution in [0.4, 0.5) is 0 Å². The number of nitrogens with one attached hydrogen (secondary N) is 2. The minimum Gasteiger partial charge on any atom is -0.342 e. The van der Waals surface area contributed by atoms with Gasteiger partial charge >= 0.3 is 0 Å². The molecule has 1 fully saturated rings. The molecule has 28 heavy (non-hydrogen) atoms. The predicted molar refractivity (Wildman–Crippen MR) is 114 cm³/mol. The molecule has 0 spiro atoms. The summed E-state index contributed by atoms with van der Waals surface area (Å²) in [6.07, 6.45) is 3.84. The van der Waals surface area contributed by atoms with Gasteiger partial charge in [-0.3, -0.25) is 4.79 Å². The first kappa shape index (κ1) is 25.0. The Bertz CT molecular complexity index is 583. The monoisotopic (exact) mass is 392 g/mol. The lowest BCUT2D eigenvalue weighted by molar-refractivity contribution is -0.130. The van der Waals surface area contributed by atoms with E-state index < -0.39 is 11.1 Å². The molecule has 2 N–H and O–H groups in total. The summed E-state index contributed by atoms with van der Waals surface area (Å²) < 4.78 is 0.